The van der Waals surface area contributed by atoms with Crippen molar-refractivity contribution in [1.82, 2.24) is 19.1 Å². The molecule has 4 aromatic rings. The summed E-state index contributed by atoms with van der Waals surface area (Å²) in [7, 11) is 0. The van der Waals surface area contributed by atoms with Crippen molar-refractivity contribution in [2.45, 2.75) is 32.4 Å². The van der Waals surface area contributed by atoms with E-state index in [1.165, 1.54) is 19.5 Å². The number of carbonyl (C=O) groups excluding carboxylic acids is 2. The SMILES string of the molecule is O=C(CCC(=O)N1CCc2sccc2C1)Nc1cccc(Cn2nc3ccccn3c2=O)c1. The number of pyridine rings is 1. The van der Waals surface area contributed by atoms with Gasteiger partial charge in [0.25, 0.3) is 0 Å². The van der Waals surface area contributed by atoms with Crippen LogP contribution < -0.4 is 11.0 Å². The first-order valence-corrected chi connectivity index (χ1v) is 11.7. The molecule has 0 unspecified atom stereocenters. The molecule has 0 spiro atoms. The first-order valence-electron chi connectivity index (χ1n) is 10.8. The van der Waals surface area contributed by atoms with Crippen molar-refractivity contribution in [2.75, 3.05) is 11.9 Å². The molecular formula is C24H23N5O3S. The number of rotatable bonds is 6. The Labute approximate surface area is 194 Å². The summed E-state index contributed by atoms with van der Waals surface area (Å²) in [6, 6.07) is 14.8. The third kappa shape index (κ3) is 4.58. The highest BCUT2D eigenvalue weighted by Gasteiger charge is 2.21. The minimum Gasteiger partial charge on any atom is -0.338 e. The van der Waals surface area contributed by atoms with E-state index in [-0.39, 0.29) is 30.3 Å². The van der Waals surface area contributed by atoms with Gasteiger partial charge in [-0.1, -0.05) is 18.2 Å². The van der Waals surface area contributed by atoms with E-state index in [9.17, 15) is 14.4 Å². The van der Waals surface area contributed by atoms with E-state index < -0.39 is 0 Å². The van der Waals surface area contributed by atoms with Gasteiger partial charge in [0.15, 0.2) is 5.65 Å². The fourth-order valence-electron chi connectivity index (χ4n) is 4.05. The minimum atomic E-state index is -0.217. The van der Waals surface area contributed by atoms with Crippen molar-refractivity contribution in [3.63, 3.8) is 0 Å². The molecule has 1 aliphatic rings. The zero-order valence-corrected chi connectivity index (χ0v) is 18.8. The van der Waals surface area contributed by atoms with Crippen LogP contribution in [0.5, 0.6) is 0 Å². The van der Waals surface area contributed by atoms with Crippen LogP contribution in [0.4, 0.5) is 5.69 Å². The van der Waals surface area contributed by atoms with E-state index in [1.807, 2.05) is 29.2 Å². The highest BCUT2D eigenvalue weighted by Crippen LogP contribution is 2.24. The second kappa shape index (κ2) is 9.03. The molecule has 33 heavy (non-hydrogen) atoms. The molecule has 0 atom stereocenters. The van der Waals surface area contributed by atoms with Crippen LogP contribution in [-0.4, -0.2) is 37.4 Å². The van der Waals surface area contributed by atoms with E-state index in [2.05, 4.69) is 21.9 Å². The summed E-state index contributed by atoms with van der Waals surface area (Å²) in [6.45, 7) is 1.63. The fourth-order valence-corrected chi connectivity index (χ4v) is 4.94. The van der Waals surface area contributed by atoms with Crippen molar-refractivity contribution in [2.24, 2.45) is 0 Å². The number of benzene rings is 1. The zero-order valence-electron chi connectivity index (χ0n) is 17.9. The number of nitrogens with one attached hydrogen (secondary N) is 1. The Bertz CT molecular complexity index is 1390. The van der Waals surface area contributed by atoms with Gasteiger partial charge in [-0.15, -0.1) is 16.4 Å². The average Bonchev–Trinajstić information content (AvgIpc) is 3.42. The lowest BCUT2D eigenvalue weighted by Crippen LogP contribution is -2.35. The van der Waals surface area contributed by atoms with E-state index in [1.54, 1.807) is 35.7 Å². The molecule has 3 aromatic heterocycles. The molecule has 4 heterocycles. The van der Waals surface area contributed by atoms with Crippen LogP contribution in [0.2, 0.25) is 0 Å². The van der Waals surface area contributed by atoms with E-state index in [0.29, 0.717) is 31.0 Å². The van der Waals surface area contributed by atoms with Crippen molar-refractivity contribution < 1.29 is 9.59 Å². The Balaban J connectivity index is 1.17. The lowest BCUT2D eigenvalue weighted by atomic mass is 10.1. The van der Waals surface area contributed by atoms with Crippen molar-refractivity contribution in [3.05, 3.63) is 86.6 Å². The van der Waals surface area contributed by atoms with Gasteiger partial charge < -0.3 is 10.2 Å². The molecule has 0 fully saturated rings. The molecule has 0 aliphatic carbocycles. The highest BCUT2D eigenvalue weighted by molar-refractivity contribution is 7.10. The molecule has 0 radical (unpaired) electrons. The third-order valence-corrected chi connectivity index (χ3v) is 6.78. The smallest absolute Gasteiger partial charge is 0.338 e. The van der Waals surface area contributed by atoms with E-state index in [4.69, 9.17) is 0 Å². The summed E-state index contributed by atoms with van der Waals surface area (Å²) in [6.07, 6.45) is 2.87. The van der Waals surface area contributed by atoms with Gasteiger partial charge >= 0.3 is 5.69 Å². The standard InChI is InChI=1S/C24H23N5O3S/c30-22(7-8-23(31)27-12-9-20-18(16-27)10-13-33-20)25-19-5-3-4-17(14-19)15-29-24(32)28-11-2-1-6-21(28)26-29/h1-6,10-11,13-14H,7-9,12,15-16H2,(H,25,30). The van der Waals surface area contributed by atoms with Gasteiger partial charge in [0, 0.05) is 42.7 Å². The molecule has 1 aliphatic heterocycles. The van der Waals surface area contributed by atoms with E-state index in [0.717, 1.165) is 12.0 Å². The van der Waals surface area contributed by atoms with Crippen LogP contribution >= 0.6 is 11.3 Å². The topological polar surface area (TPSA) is 88.7 Å². The summed E-state index contributed by atoms with van der Waals surface area (Å²) in [4.78, 5) is 40.7. The monoisotopic (exact) mass is 461 g/mol. The maximum atomic E-state index is 12.6. The number of fused-ring (bicyclic) bond motifs is 2. The number of hydrogen-bond donors (Lipinski definition) is 1. The number of nitrogens with zero attached hydrogens (tertiary/aromatic N) is 4. The number of hydrogen-bond acceptors (Lipinski definition) is 5. The van der Waals surface area contributed by atoms with Crippen molar-refractivity contribution in [1.29, 1.82) is 0 Å². The minimum absolute atomic E-state index is 0.00183. The number of aromatic nitrogens is 3. The first-order chi connectivity index (χ1) is 16.1. The van der Waals surface area contributed by atoms with Crippen molar-refractivity contribution >= 4 is 34.5 Å². The van der Waals surface area contributed by atoms with Gasteiger partial charge in [0.2, 0.25) is 11.8 Å². The second-order valence-corrected chi connectivity index (χ2v) is 9.05. The summed E-state index contributed by atoms with van der Waals surface area (Å²) < 4.78 is 2.89. The molecule has 0 saturated heterocycles. The zero-order chi connectivity index (χ0) is 22.8. The molecule has 168 valence electrons. The molecule has 1 aromatic carbocycles. The van der Waals surface area contributed by atoms with Gasteiger partial charge in [0.05, 0.1) is 6.54 Å². The van der Waals surface area contributed by atoms with Crippen LogP contribution in [0.15, 0.2) is 64.9 Å². The Morgan fingerprint density at radius 3 is 2.88 bits per heavy atom. The molecule has 1 N–H and O–H groups in total. The number of carbonyl (C=O) groups is 2. The van der Waals surface area contributed by atoms with E-state index >= 15 is 0 Å². The maximum absolute atomic E-state index is 12.6. The van der Waals surface area contributed by atoms with Crippen LogP contribution in [0.25, 0.3) is 5.65 Å². The number of anilines is 1. The summed E-state index contributed by atoms with van der Waals surface area (Å²) in [5.41, 5.74) is 3.05. The number of thiophene rings is 1. The molecule has 8 nitrogen and oxygen atoms in total. The second-order valence-electron chi connectivity index (χ2n) is 8.05. The average molecular weight is 462 g/mol. The van der Waals surface area contributed by atoms with Gasteiger partial charge in [-0.25, -0.2) is 9.48 Å². The predicted octanol–water partition coefficient (Wildman–Crippen LogP) is 2.91. The van der Waals surface area contributed by atoms with Gasteiger partial charge in [-0.05, 0) is 53.3 Å². The molecular weight excluding hydrogens is 438 g/mol. The number of amides is 2. The third-order valence-electron chi connectivity index (χ3n) is 5.76. The molecule has 0 bridgehead atoms. The first kappa shape index (κ1) is 21.1. The normalized spacial score (nSPS) is 13.2. The molecule has 2 amide bonds. The van der Waals surface area contributed by atoms with Gasteiger partial charge in [-0.2, -0.15) is 0 Å². The van der Waals surface area contributed by atoms with Crippen molar-refractivity contribution in [3.8, 4) is 0 Å². The van der Waals surface area contributed by atoms with Gasteiger partial charge in [0.1, 0.15) is 0 Å². The van der Waals surface area contributed by atoms with Gasteiger partial charge in [-0.3, -0.25) is 14.0 Å². The Hall–Kier alpha value is -3.72. The lowest BCUT2D eigenvalue weighted by Gasteiger charge is -2.27. The quantitative estimate of drug-likeness (QED) is 0.478. The largest absolute Gasteiger partial charge is 0.350 e. The molecule has 9 heteroatoms. The van der Waals surface area contributed by atoms with Crippen LogP contribution in [0, 0.1) is 0 Å². The molecule has 0 saturated carbocycles. The highest BCUT2D eigenvalue weighted by atomic mass is 32.1. The summed E-state index contributed by atoms with van der Waals surface area (Å²) in [5, 5.41) is 9.26. The Kier molecular flexibility index (Phi) is 5.78. The van der Waals surface area contributed by atoms with Crippen LogP contribution in [0.3, 0.4) is 0 Å². The summed E-state index contributed by atoms with van der Waals surface area (Å²) in [5.74, 6) is -0.208. The van der Waals surface area contributed by atoms with Crippen LogP contribution in [0.1, 0.15) is 28.8 Å². The molecule has 5 rings (SSSR count). The van der Waals surface area contributed by atoms with Crippen LogP contribution in [-0.2, 0) is 29.1 Å². The predicted molar refractivity (Wildman–Crippen MR) is 126 cm³/mol. The summed E-state index contributed by atoms with van der Waals surface area (Å²) >= 11 is 1.74. The maximum Gasteiger partial charge on any atom is 0.350 e. The Morgan fingerprint density at radius 2 is 2.00 bits per heavy atom. The lowest BCUT2D eigenvalue weighted by molar-refractivity contribution is -0.133. The fraction of sp³-hybridized carbons (Fsp3) is 0.250. The Morgan fingerprint density at radius 1 is 1.09 bits per heavy atom.